The van der Waals surface area contributed by atoms with Gasteiger partial charge in [0.2, 0.25) is 5.89 Å². The van der Waals surface area contributed by atoms with Crippen LogP contribution in [0.15, 0.2) is 22.5 Å². The molecule has 10 heavy (non-hydrogen) atoms. The van der Waals surface area contributed by atoms with E-state index in [9.17, 15) is 4.79 Å². The lowest BCUT2D eigenvalue weighted by atomic mass is 10.3. The van der Waals surface area contributed by atoms with Crippen molar-refractivity contribution in [1.29, 1.82) is 0 Å². The molecule has 0 aliphatic carbocycles. The van der Waals surface area contributed by atoms with Crippen LogP contribution in [-0.2, 0) is 4.79 Å². The van der Waals surface area contributed by atoms with Gasteiger partial charge in [-0.25, -0.2) is 4.98 Å². The molecular weight excluding hydrogens is 130 g/mol. The zero-order valence-corrected chi connectivity index (χ0v) is 5.57. The van der Waals surface area contributed by atoms with Crippen LogP contribution in [0, 0.1) is 0 Å². The summed E-state index contributed by atoms with van der Waals surface area (Å²) in [7, 11) is 0. The molecule has 3 heteroatoms. The fraction of sp³-hybridized carbons (Fsp3) is 0.143. The lowest BCUT2D eigenvalue weighted by Gasteiger charge is -1.82. The highest BCUT2D eigenvalue weighted by atomic mass is 16.3. The van der Waals surface area contributed by atoms with E-state index in [1.54, 1.807) is 13.0 Å². The van der Waals surface area contributed by atoms with Crippen molar-refractivity contribution >= 4 is 12.4 Å². The van der Waals surface area contributed by atoms with Gasteiger partial charge in [-0.3, -0.25) is 4.79 Å². The van der Waals surface area contributed by atoms with Crippen LogP contribution in [0.25, 0.3) is 6.08 Å². The molecule has 0 saturated carbocycles. The van der Waals surface area contributed by atoms with E-state index in [4.69, 9.17) is 4.42 Å². The lowest BCUT2D eigenvalue weighted by molar-refractivity contribution is -0.104. The summed E-state index contributed by atoms with van der Waals surface area (Å²) in [6, 6.07) is 0. The van der Waals surface area contributed by atoms with Crippen LogP contribution in [0.5, 0.6) is 0 Å². The zero-order valence-electron chi connectivity index (χ0n) is 5.57. The standard InChI is InChI=1S/C7H7NO2/c1-6(5-9)4-7-8-2-3-10-7/h2-5H,1H3. The molecule has 0 aliphatic heterocycles. The Bertz CT molecular complexity index is 236. The van der Waals surface area contributed by atoms with E-state index in [-0.39, 0.29) is 0 Å². The maximum absolute atomic E-state index is 10.1. The second-order valence-corrected chi connectivity index (χ2v) is 1.88. The van der Waals surface area contributed by atoms with Crippen LogP contribution >= 0.6 is 0 Å². The van der Waals surface area contributed by atoms with Crippen LogP contribution in [-0.4, -0.2) is 11.3 Å². The molecule has 0 saturated heterocycles. The Labute approximate surface area is 58.4 Å². The molecule has 1 rings (SSSR count). The van der Waals surface area contributed by atoms with Crippen molar-refractivity contribution in [3.8, 4) is 0 Å². The fourth-order valence-corrected chi connectivity index (χ4v) is 0.535. The number of nitrogens with zero attached hydrogens (tertiary/aromatic N) is 1. The number of carbonyl (C=O) groups is 1. The van der Waals surface area contributed by atoms with Crippen molar-refractivity contribution in [3.63, 3.8) is 0 Å². The molecule has 0 aliphatic rings. The van der Waals surface area contributed by atoms with Gasteiger partial charge in [0, 0.05) is 6.08 Å². The normalized spacial score (nSPS) is 11.5. The minimum atomic E-state index is 0.463. The zero-order chi connectivity index (χ0) is 7.40. The van der Waals surface area contributed by atoms with Crippen LogP contribution < -0.4 is 0 Å². The monoisotopic (exact) mass is 137 g/mol. The third kappa shape index (κ3) is 1.55. The number of rotatable bonds is 2. The highest BCUT2D eigenvalue weighted by molar-refractivity contribution is 5.79. The predicted octanol–water partition coefficient (Wildman–Crippen LogP) is 1.28. The molecule has 0 amide bonds. The molecule has 0 bridgehead atoms. The van der Waals surface area contributed by atoms with E-state index < -0.39 is 0 Å². The van der Waals surface area contributed by atoms with Crippen LogP contribution in [0.3, 0.4) is 0 Å². The first-order valence-corrected chi connectivity index (χ1v) is 2.86. The second-order valence-electron chi connectivity index (χ2n) is 1.88. The van der Waals surface area contributed by atoms with Gasteiger partial charge in [-0.1, -0.05) is 0 Å². The highest BCUT2D eigenvalue weighted by Crippen LogP contribution is 2.00. The second kappa shape index (κ2) is 2.96. The minimum Gasteiger partial charge on any atom is -0.445 e. The topological polar surface area (TPSA) is 43.1 Å². The molecule has 0 spiro atoms. The van der Waals surface area contributed by atoms with Crippen molar-refractivity contribution in [3.05, 3.63) is 23.9 Å². The van der Waals surface area contributed by atoms with E-state index in [0.717, 1.165) is 6.29 Å². The summed E-state index contributed by atoms with van der Waals surface area (Å²) < 4.78 is 4.86. The maximum atomic E-state index is 10.1. The summed E-state index contributed by atoms with van der Waals surface area (Å²) >= 11 is 0. The first-order valence-electron chi connectivity index (χ1n) is 2.86. The molecule has 0 unspecified atom stereocenters. The Morgan fingerprint density at radius 1 is 1.80 bits per heavy atom. The van der Waals surface area contributed by atoms with E-state index in [2.05, 4.69) is 4.98 Å². The molecule has 52 valence electrons. The van der Waals surface area contributed by atoms with E-state index in [0.29, 0.717) is 11.5 Å². The van der Waals surface area contributed by atoms with Crippen molar-refractivity contribution in [2.75, 3.05) is 0 Å². The Hall–Kier alpha value is -1.38. The number of hydrogen-bond acceptors (Lipinski definition) is 3. The summed E-state index contributed by atoms with van der Waals surface area (Å²) in [6.07, 6.45) is 5.32. The first-order chi connectivity index (χ1) is 4.83. The number of oxazole rings is 1. The fourth-order valence-electron chi connectivity index (χ4n) is 0.535. The molecule has 3 nitrogen and oxygen atoms in total. The van der Waals surface area contributed by atoms with Gasteiger partial charge in [-0.05, 0) is 12.5 Å². The first kappa shape index (κ1) is 6.74. The smallest absolute Gasteiger partial charge is 0.218 e. The van der Waals surface area contributed by atoms with Gasteiger partial charge in [0.1, 0.15) is 12.5 Å². The molecule has 0 N–H and O–H groups in total. The quantitative estimate of drug-likeness (QED) is 0.455. The molecular formula is C7H7NO2. The summed E-state index contributed by atoms with van der Waals surface area (Å²) in [5.74, 6) is 0.463. The van der Waals surface area contributed by atoms with Crippen LogP contribution in [0.2, 0.25) is 0 Å². The van der Waals surface area contributed by atoms with Gasteiger partial charge in [0.15, 0.2) is 0 Å². The SMILES string of the molecule is CC(C=O)=Cc1ncco1. The third-order valence-electron chi connectivity index (χ3n) is 0.988. The van der Waals surface area contributed by atoms with Gasteiger partial charge in [-0.15, -0.1) is 0 Å². The number of aldehydes is 1. The van der Waals surface area contributed by atoms with E-state index >= 15 is 0 Å². The predicted molar refractivity (Wildman–Crippen MR) is 36.2 cm³/mol. The summed E-state index contributed by atoms with van der Waals surface area (Å²) in [5, 5.41) is 0. The van der Waals surface area contributed by atoms with E-state index in [1.165, 1.54) is 12.5 Å². The Balaban J connectivity index is 2.80. The van der Waals surface area contributed by atoms with Gasteiger partial charge < -0.3 is 4.42 Å². The molecule has 1 aromatic heterocycles. The largest absolute Gasteiger partial charge is 0.445 e. The summed E-state index contributed by atoms with van der Waals surface area (Å²) in [5.41, 5.74) is 0.599. The third-order valence-corrected chi connectivity index (χ3v) is 0.988. The van der Waals surface area contributed by atoms with Gasteiger partial charge in [0.05, 0.1) is 6.20 Å². The average Bonchev–Trinajstić information content (AvgIpc) is 2.40. The number of allylic oxidation sites excluding steroid dienone is 1. The van der Waals surface area contributed by atoms with Crippen molar-refractivity contribution in [1.82, 2.24) is 4.98 Å². The Morgan fingerprint density at radius 2 is 2.60 bits per heavy atom. The highest BCUT2D eigenvalue weighted by Gasteiger charge is 1.91. The van der Waals surface area contributed by atoms with Gasteiger partial charge >= 0.3 is 0 Å². The molecule has 0 fully saturated rings. The molecule has 0 atom stereocenters. The average molecular weight is 137 g/mol. The Morgan fingerprint density at radius 3 is 3.10 bits per heavy atom. The summed E-state index contributed by atoms with van der Waals surface area (Å²) in [6.45, 7) is 1.69. The maximum Gasteiger partial charge on any atom is 0.218 e. The minimum absolute atomic E-state index is 0.463. The van der Waals surface area contributed by atoms with E-state index in [1.807, 2.05) is 0 Å². The molecule has 0 aromatic carbocycles. The molecule has 1 heterocycles. The molecule has 0 radical (unpaired) electrons. The number of carbonyl (C=O) groups excluding carboxylic acids is 1. The number of aromatic nitrogens is 1. The van der Waals surface area contributed by atoms with Crippen molar-refractivity contribution in [2.45, 2.75) is 6.92 Å². The number of hydrogen-bond donors (Lipinski definition) is 0. The molecule has 1 aromatic rings. The summed E-state index contributed by atoms with van der Waals surface area (Å²) in [4.78, 5) is 13.9. The van der Waals surface area contributed by atoms with Gasteiger partial charge in [-0.2, -0.15) is 0 Å². The lowest BCUT2D eigenvalue weighted by Crippen LogP contribution is -1.76. The van der Waals surface area contributed by atoms with Crippen molar-refractivity contribution in [2.24, 2.45) is 0 Å². The van der Waals surface area contributed by atoms with Gasteiger partial charge in [0.25, 0.3) is 0 Å². The van der Waals surface area contributed by atoms with Crippen molar-refractivity contribution < 1.29 is 9.21 Å². The van der Waals surface area contributed by atoms with Crippen LogP contribution in [0.1, 0.15) is 12.8 Å². The Kier molecular flexibility index (Phi) is 1.99. The van der Waals surface area contributed by atoms with Crippen LogP contribution in [0.4, 0.5) is 0 Å².